The summed E-state index contributed by atoms with van der Waals surface area (Å²) >= 11 is 0. The minimum atomic E-state index is -0.574. The van der Waals surface area contributed by atoms with E-state index in [9.17, 15) is 13.6 Å². The molecule has 0 aromatic heterocycles. The minimum absolute atomic E-state index is 0.0166. The highest BCUT2D eigenvalue weighted by Crippen LogP contribution is 2.64. The molecule has 1 aliphatic carbocycles. The first-order valence-corrected chi connectivity index (χ1v) is 7.04. The van der Waals surface area contributed by atoms with Gasteiger partial charge in [0, 0.05) is 24.4 Å². The first-order chi connectivity index (χ1) is 9.32. The highest BCUT2D eigenvalue weighted by Gasteiger charge is 2.62. The third-order valence-corrected chi connectivity index (χ3v) is 4.43. The van der Waals surface area contributed by atoms with Crippen molar-refractivity contribution in [3.63, 3.8) is 0 Å². The van der Waals surface area contributed by atoms with Gasteiger partial charge in [-0.1, -0.05) is 26.8 Å². The van der Waals surface area contributed by atoms with E-state index in [1.165, 1.54) is 12.1 Å². The molecule has 4 heteroatoms. The molecule has 1 N–H and O–H groups in total. The molecular weight excluding hydrogens is 260 g/mol. The van der Waals surface area contributed by atoms with Crippen molar-refractivity contribution in [2.75, 3.05) is 6.54 Å². The zero-order valence-corrected chi connectivity index (χ0v) is 12.2. The van der Waals surface area contributed by atoms with Crippen LogP contribution in [0.2, 0.25) is 0 Å². The zero-order valence-electron chi connectivity index (χ0n) is 12.2. The van der Waals surface area contributed by atoms with Crippen LogP contribution in [0.5, 0.6) is 0 Å². The number of hydrogen-bond acceptors (Lipinski definition) is 1. The third-order valence-electron chi connectivity index (χ3n) is 4.43. The second-order valence-corrected chi connectivity index (χ2v) is 6.29. The molecular formula is C16H21F2NO. The first kappa shape index (κ1) is 14.9. The minimum Gasteiger partial charge on any atom is -0.355 e. The van der Waals surface area contributed by atoms with Crippen LogP contribution >= 0.6 is 0 Å². The fraction of sp³-hybridized carbons (Fsp3) is 0.562. The summed E-state index contributed by atoms with van der Waals surface area (Å²) in [6, 6.07) is 3.70. The molecule has 0 spiro atoms. The molecule has 0 aliphatic heterocycles. The normalized spacial score (nSPS) is 23.4. The van der Waals surface area contributed by atoms with E-state index in [1.54, 1.807) is 0 Å². The lowest BCUT2D eigenvalue weighted by Gasteiger charge is -2.22. The molecule has 1 amide bonds. The molecule has 1 atom stereocenters. The van der Waals surface area contributed by atoms with E-state index < -0.39 is 17.0 Å². The van der Waals surface area contributed by atoms with Crippen molar-refractivity contribution in [3.8, 4) is 0 Å². The van der Waals surface area contributed by atoms with Crippen LogP contribution in [-0.2, 0) is 10.2 Å². The highest BCUT2D eigenvalue weighted by atomic mass is 19.1. The lowest BCUT2D eigenvalue weighted by Crippen LogP contribution is -2.35. The Balaban J connectivity index is 2.21. The molecule has 0 bridgehead atoms. The van der Waals surface area contributed by atoms with Gasteiger partial charge in [-0.2, -0.15) is 0 Å². The van der Waals surface area contributed by atoms with Crippen molar-refractivity contribution in [2.45, 2.75) is 45.4 Å². The molecule has 1 aliphatic rings. The average molecular weight is 281 g/mol. The van der Waals surface area contributed by atoms with Gasteiger partial charge in [0.25, 0.3) is 0 Å². The van der Waals surface area contributed by atoms with E-state index in [0.29, 0.717) is 18.5 Å². The van der Waals surface area contributed by atoms with Crippen LogP contribution in [0.25, 0.3) is 0 Å². The Hall–Kier alpha value is -1.45. The SMILES string of the molecule is CCCC(=O)NCC1(c2ccc(F)cc2F)CC1(C)C. The van der Waals surface area contributed by atoms with Crippen molar-refractivity contribution in [1.29, 1.82) is 0 Å². The van der Waals surface area contributed by atoms with E-state index in [4.69, 9.17) is 0 Å². The monoisotopic (exact) mass is 281 g/mol. The van der Waals surface area contributed by atoms with Crippen molar-refractivity contribution < 1.29 is 13.6 Å². The van der Waals surface area contributed by atoms with Crippen molar-refractivity contribution >= 4 is 5.91 Å². The molecule has 2 rings (SSSR count). The summed E-state index contributed by atoms with van der Waals surface area (Å²) in [4.78, 5) is 11.6. The fourth-order valence-electron chi connectivity index (χ4n) is 3.01. The summed E-state index contributed by atoms with van der Waals surface area (Å²) in [5.41, 5.74) is -0.0139. The van der Waals surface area contributed by atoms with E-state index in [2.05, 4.69) is 5.32 Å². The van der Waals surface area contributed by atoms with Gasteiger partial charge in [0.1, 0.15) is 11.6 Å². The van der Waals surface area contributed by atoms with Gasteiger partial charge in [0.05, 0.1) is 0 Å². The molecule has 1 unspecified atom stereocenters. The summed E-state index contributed by atoms with van der Waals surface area (Å²) < 4.78 is 27.1. The topological polar surface area (TPSA) is 29.1 Å². The van der Waals surface area contributed by atoms with Crippen LogP contribution in [0.4, 0.5) is 8.78 Å². The number of amides is 1. The van der Waals surface area contributed by atoms with Crippen LogP contribution in [0, 0.1) is 17.0 Å². The lowest BCUT2D eigenvalue weighted by molar-refractivity contribution is -0.121. The van der Waals surface area contributed by atoms with Gasteiger partial charge < -0.3 is 5.32 Å². The molecule has 1 aromatic carbocycles. The number of benzene rings is 1. The van der Waals surface area contributed by atoms with Crippen LogP contribution < -0.4 is 5.32 Å². The maximum atomic E-state index is 14.0. The molecule has 1 fully saturated rings. The summed E-state index contributed by atoms with van der Waals surface area (Å²) in [7, 11) is 0. The number of hydrogen-bond donors (Lipinski definition) is 1. The number of carbonyl (C=O) groups is 1. The Morgan fingerprint density at radius 3 is 2.50 bits per heavy atom. The number of rotatable bonds is 5. The van der Waals surface area contributed by atoms with Crippen molar-refractivity contribution in [1.82, 2.24) is 5.32 Å². The summed E-state index contributed by atoms with van der Waals surface area (Å²) in [6.07, 6.45) is 2.05. The highest BCUT2D eigenvalue weighted by molar-refractivity contribution is 5.76. The Morgan fingerprint density at radius 1 is 1.35 bits per heavy atom. The smallest absolute Gasteiger partial charge is 0.220 e. The summed E-state index contributed by atoms with van der Waals surface area (Å²) in [5, 5.41) is 2.88. The van der Waals surface area contributed by atoms with Gasteiger partial charge in [-0.05, 0) is 29.9 Å². The van der Waals surface area contributed by atoms with Crippen molar-refractivity contribution in [2.24, 2.45) is 5.41 Å². The molecule has 0 saturated heterocycles. The van der Waals surface area contributed by atoms with Gasteiger partial charge >= 0.3 is 0 Å². The Labute approximate surface area is 118 Å². The number of nitrogens with one attached hydrogen (secondary N) is 1. The second-order valence-electron chi connectivity index (χ2n) is 6.29. The Bertz CT molecular complexity index is 527. The van der Waals surface area contributed by atoms with E-state index in [-0.39, 0.29) is 11.3 Å². The molecule has 0 heterocycles. The fourth-order valence-corrected chi connectivity index (χ4v) is 3.01. The van der Waals surface area contributed by atoms with E-state index in [1.807, 2.05) is 20.8 Å². The largest absolute Gasteiger partial charge is 0.355 e. The summed E-state index contributed by atoms with van der Waals surface area (Å²) in [5.74, 6) is -1.12. The zero-order chi connectivity index (χ0) is 15.0. The van der Waals surface area contributed by atoms with E-state index in [0.717, 1.165) is 18.9 Å². The van der Waals surface area contributed by atoms with Gasteiger partial charge in [-0.3, -0.25) is 4.79 Å². The van der Waals surface area contributed by atoms with Gasteiger partial charge in [0.15, 0.2) is 0 Å². The van der Waals surface area contributed by atoms with Crippen LogP contribution in [0.1, 0.15) is 45.6 Å². The molecule has 110 valence electrons. The predicted octanol–water partition coefficient (Wildman–Crippen LogP) is 3.55. The Morgan fingerprint density at radius 2 is 2.00 bits per heavy atom. The van der Waals surface area contributed by atoms with Crippen LogP contribution in [0.15, 0.2) is 18.2 Å². The number of halogens is 2. The van der Waals surface area contributed by atoms with Crippen LogP contribution in [0.3, 0.4) is 0 Å². The molecule has 2 nitrogen and oxygen atoms in total. The average Bonchev–Trinajstić information content (AvgIpc) is 2.90. The van der Waals surface area contributed by atoms with Gasteiger partial charge in [0.2, 0.25) is 5.91 Å². The number of carbonyl (C=O) groups excluding carboxylic acids is 1. The predicted molar refractivity (Wildman–Crippen MR) is 74.4 cm³/mol. The lowest BCUT2D eigenvalue weighted by atomic mass is 9.87. The molecule has 1 saturated carbocycles. The second kappa shape index (κ2) is 5.15. The molecule has 1 aromatic rings. The Kier molecular flexibility index (Phi) is 3.85. The third kappa shape index (κ3) is 2.56. The quantitative estimate of drug-likeness (QED) is 0.878. The maximum absolute atomic E-state index is 14.0. The molecule has 0 radical (unpaired) electrons. The standard InChI is InChI=1S/C16H21F2NO/c1-4-5-14(20)19-10-16(9-15(16,2)3)12-7-6-11(17)8-13(12)18/h6-8H,4-5,9-10H2,1-3H3,(H,19,20). The van der Waals surface area contributed by atoms with Gasteiger partial charge in [-0.25, -0.2) is 8.78 Å². The van der Waals surface area contributed by atoms with Crippen molar-refractivity contribution in [3.05, 3.63) is 35.4 Å². The summed E-state index contributed by atoms with van der Waals surface area (Å²) in [6.45, 7) is 6.43. The van der Waals surface area contributed by atoms with Crippen LogP contribution in [-0.4, -0.2) is 12.5 Å². The maximum Gasteiger partial charge on any atom is 0.220 e. The molecule has 20 heavy (non-hydrogen) atoms. The van der Waals surface area contributed by atoms with Gasteiger partial charge in [-0.15, -0.1) is 0 Å². The van der Waals surface area contributed by atoms with E-state index >= 15 is 0 Å². The first-order valence-electron chi connectivity index (χ1n) is 7.04.